The van der Waals surface area contributed by atoms with E-state index in [1.165, 1.54) is 32.1 Å². The maximum atomic E-state index is 6.17. The molecule has 0 radical (unpaired) electrons. The molecule has 1 aliphatic carbocycles. The summed E-state index contributed by atoms with van der Waals surface area (Å²) in [5, 5.41) is 3.27. The van der Waals surface area contributed by atoms with Crippen LogP contribution >= 0.6 is 0 Å². The van der Waals surface area contributed by atoms with E-state index >= 15 is 0 Å². The lowest BCUT2D eigenvalue weighted by Crippen LogP contribution is -2.52. The van der Waals surface area contributed by atoms with Gasteiger partial charge in [-0.2, -0.15) is 0 Å². The molecule has 1 atom stereocenters. The minimum atomic E-state index is 0.420. The molecule has 2 nitrogen and oxygen atoms in total. The molecule has 0 spiro atoms. The summed E-state index contributed by atoms with van der Waals surface area (Å²) in [6.07, 6.45) is 6.43. The van der Waals surface area contributed by atoms with Crippen LogP contribution < -0.4 is 11.1 Å². The Hall–Kier alpha value is -0.0800. The topological polar surface area (TPSA) is 38.0 Å². The van der Waals surface area contributed by atoms with Crippen LogP contribution in [0.3, 0.4) is 0 Å². The third kappa shape index (κ3) is 1.80. The number of nitrogens with one attached hydrogen (secondary N) is 1. The lowest BCUT2D eigenvalue weighted by molar-refractivity contribution is 0.0900. The van der Waals surface area contributed by atoms with Crippen molar-refractivity contribution in [3.05, 3.63) is 0 Å². The van der Waals surface area contributed by atoms with Gasteiger partial charge in [0.1, 0.15) is 0 Å². The second kappa shape index (κ2) is 4.24. The van der Waals surface area contributed by atoms with Crippen molar-refractivity contribution in [1.82, 2.24) is 5.32 Å². The Balaban J connectivity index is 2.41. The molecule has 2 heteroatoms. The number of hydrogen-bond acceptors (Lipinski definition) is 2. The molecule has 0 aliphatic heterocycles. The summed E-state index contributed by atoms with van der Waals surface area (Å²) in [5.41, 5.74) is 6.62. The number of nitrogens with two attached hydrogens (primary N) is 1. The van der Waals surface area contributed by atoms with Gasteiger partial charge >= 0.3 is 0 Å². The highest BCUT2D eigenvalue weighted by Crippen LogP contribution is 2.43. The van der Waals surface area contributed by atoms with Gasteiger partial charge in [0.15, 0.2) is 0 Å². The molecule has 1 aliphatic rings. The highest BCUT2D eigenvalue weighted by atomic mass is 14.9. The van der Waals surface area contributed by atoms with E-state index in [1.54, 1.807) is 0 Å². The standard InChI is InChI=1S/C10H22N2/c1-3-5-9(11)10(8-12-2)6-4-7-10/h9,12H,3-8,11H2,1-2H3. The molecule has 0 amide bonds. The van der Waals surface area contributed by atoms with Crippen molar-refractivity contribution in [2.24, 2.45) is 11.1 Å². The lowest BCUT2D eigenvalue weighted by atomic mass is 9.63. The molecule has 0 aromatic heterocycles. The van der Waals surface area contributed by atoms with Crippen LogP contribution in [0.2, 0.25) is 0 Å². The van der Waals surface area contributed by atoms with Crippen molar-refractivity contribution in [1.29, 1.82) is 0 Å². The number of rotatable bonds is 5. The van der Waals surface area contributed by atoms with Gasteiger partial charge in [0.25, 0.3) is 0 Å². The van der Waals surface area contributed by atoms with Crippen LogP contribution in [0.4, 0.5) is 0 Å². The highest BCUT2D eigenvalue weighted by Gasteiger charge is 2.40. The molecule has 1 saturated carbocycles. The van der Waals surface area contributed by atoms with Crippen LogP contribution in [-0.2, 0) is 0 Å². The second-order valence-electron chi connectivity index (χ2n) is 4.14. The van der Waals surface area contributed by atoms with E-state index in [-0.39, 0.29) is 0 Å². The quantitative estimate of drug-likeness (QED) is 0.656. The fourth-order valence-corrected chi connectivity index (χ4v) is 2.28. The first-order valence-electron chi connectivity index (χ1n) is 5.15. The van der Waals surface area contributed by atoms with E-state index in [9.17, 15) is 0 Å². The third-order valence-electron chi connectivity index (χ3n) is 3.26. The summed E-state index contributed by atoms with van der Waals surface area (Å²) in [6.45, 7) is 3.32. The van der Waals surface area contributed by atoms with E-state index in [2.05, 4.69) is 12.2 Å². The Labute approximate surface area is 75.9 Å². The summed E-state index contributed by atoms with van der Waals surface area (Å²) in [6, 6.07) is 0.420. The van der Waals surface area contributed by atoms with Crippen molar-refractivity contribution < 1.29 is 0 Å². The van der Waals surface area contributed by atoms with Gasteiger partial charge in [-0.15, -0.1) is 0 Å². The van der Waals surface area contributed by atoms with Crippen LogP contribution in [0.1, 0.15) is 39.0 Å². The van der Waals surface area contributed by atoms with Gasteiger partial charge in [-0.25, -0.2) is 0 Å². The van der Waals surface area contributed by atoms with E-state index in [0.717, 1.165) is 6.54 Å². The third-order valence-corrected chi connectivity index (χ3v) is 3.26. The van der Waals surface area contributed by atoms with Crippen molar-refractivity contribution in [3.63, 3.8) is 0 Å². The first-order valence-corrected chi connectivity index (χ1v) is 5.15. The van der Waals surface area contributed by atoms with Crippen LogP contribution in [0.15, 0.2) is 0 Å². The number of hydrogen-bond donors (Lipinski definition) is 2. The van der Waals surface area contributed by atoms with Gasteiger partial charge in [0.2, 0.25) is 0 Å². The molecule has 0 saturated heterocycles. The molecule has 1 fully saturated rings. The molecule has 1 rings (SSSR count). The van der Waals surface area contributed by atoms with Gasteiger partial charge in [-0.3, -0.25) is 0 Å². The van der Waals surface area contributed by atoms with Crippen molar-refractivity contribution in [2.45, 2.75) is 45.1 Å². The van der Waals surface area contributed by atoms with E-state index in [0.29, 0.717) is 11.5 Å². The molecular formula is C10H22N2. The van der Waals surface area contributed by atoms with E-state index in [1.807, 2.05) is 7.05 Å². The zero-order valence-corrected chi connectivity index (χ0v) is 8.40. The SMILES string of the molecule is CCCC(N)C1(CNC)CCC1. The molecule has 3 N–H and O–H groups in total. The van der Waals surface area contributed by atoms with E-state index in [4.69, 9.17) is 5.73 Å². The first-order chi connectivity index (χ1) is 5.75. The maximum absolute atomic E-state index is 6.17. The van der Waals surface area contributed by atoms with Crippen LogP contribution in [0.25, 0.3) is 0 Å². The Morgan fingerprint density at radius 3 is 2.50 bits per heavy atom. The minimum Gasteiger partial charge on any atom is -0.327 e. The first kappa shape index (κ1) is 10.0. The van der Waals surface area contributed by atoms with Crippen molar-refractivity contribution >= 4 is 0 Å². The molecule has 0 aromatic rings. The Bertz CT molecular complexity index is 130. The normalized spacial score (nSPS) is 23.2. The highest BCUT2D eigenvalue weighted by molar-refractivity contribution is 4.96. The van der Waals surface area contributed by atoms with Gasteiger partial charge in [0, 0.05) is 12.6 Å². The van der Waals surface area contributed by atoms with E-state index < -0.39 is 0 Å². The predicted octanol–water partition coefficient (Wildman–Crippen LogP) is 1.50. The van der Waals surface area contributed by atoms with Crippen LogP contribution in [0.5, 0.6) is 0 Å². The summed E-state index contributed by atoms with van der Waals surface area (Å²) in [5.74, 6) is 0. The predicted molar refractivity (Wildman–Crippen MR) is 53.1 cm³/mol. The second-order valence-corrected chi connectivity index (χ2v) is 4.14. The van der Waals surface area contributed by atoms with Crippen LogP contribution in [0, 0.1) is 5.41 Å². The molecule has 0 bridgehead atoms. The molecule has 12 heavy (non-hydrogen) atoms. The summed E-state index contributed by atoms with van der Waals surface area (Å²) < 4.78 is 0. The molecule has 72 valence electrons. The summed E-state index contributed by atoms with van der Waals surface area (Å²) >= 11 is 0. The van der Waals surface area contributed by atoms with Gasteiger partial charge < -0.3 is 11.1 Å². The molecule has 1 unspecified atom stereocenters. The fraction of sp³-hybridized carbons (Fsp3) is 1.00. The Morgan fingerprint density at radius 1 is 1.50 bits per heavy atom. The average molecular weight is 170 g/mol. The minimum absolute atomic E-state index is 0.420. The fourth-order valence-electron chi connectivity index (χ4n) is 2.28. The summed E-state index contributed by atoms with van der Waals surface area (Å²) in [7, 11) is 2.03. The largest absolute Gasteiger partial charge is 0.327 e. The van der Waals surface area contributed by atoms with Crippen molar-refractivity contribution in [2.75, 3.05) is 13.6 Å². The Morgan fingerprint density at radius 2 is 2.17 bits per heavy atom. The monoisotopic (exact) mass is 170 g/mol. The van der Waals surface area contributed by atoms with Gasteiger partial charge in [0.05, 0.1) is 0 Å². The lowest BCUT2D eigenvalue weighted by Gasteiger charge is -2.46. The van der Waals surface area contributed by atoms with Gasteiger partial charge in [-0.05, 0) is 31.7 Å². The summed E-state index contributed by atoms with van der Waals surface area (Å²) in [4.78, 5) is 0. The zero-order valence-electron chi connectivity index (χ0n) is 8.40. The molecule has 0 aromatic carbocycles. The maximum Gasteiger partial charge on any atom is 0.0108 e. The van der Waals surface area contributed by atoms with Crippen molar-refractivity contribution in [3.8, 4) is 0 Å². The molecule has 0 heterocycles. The smallest absolute Gasteiger partial charge is 0.0108 e. The Kier molecular flexibility index (Phi) is 3.53. The molecular weight excluding hydrogens is 148 g/mol. The average Bonchev–Trinajstić information content (AvgIpc) is 1.97. The van der Waals surface area contributed by atoms with Crippen LogP contribution in [-0.4, -0.2) is 19.6 Å². The zero-order chi connectivity index (χ0) is 9.03. The van der Waals surface area contributed by atoms with Gasteiger partial charge in [-0.1, -0.05) is 19.8 Å².